The van der Waals surface area contributed by atoms with Crippen molar-refractivity contribution in [3.63, 3.8) is 0 Å². The molecular formula is C52H70B3F12P2Rh. The molecule has 2 fully saturated rings. The largest absolute Gasteiger partial charge is 3.00 e. The van der Waals surface area contributed by atoms with Crippen LogP contribution in [-0.2, 0) is 19.5 Å². The van der Waals surface area contributed by atoms with Gasteiger partial charge in [-0.1, -0.05) is 200 Å². The zero-order valence-corrected chi connectivity index (χ0v) is 44.5. The summed E-state index contributed by atoms with van der Waals surface area (Å²) < 4.78 is 117. The second-order valence-corrected chi connectivity index (χ2v) is 23.3. The van der Waals surface area contributed by atoms with E-state index in [1.54, 1.807) is 21.2 Å². The Morgan fingerprint density at radius 3 is 0.757 bits per heavy atom. The molecule has 70 heavy (non-hydrogen) atoms. The van der Waals surface area contributed by atoms with Crippen molar-refractivity contribution in [1.82, 2.24) is 0 Å². The van der Waals surface area contributed by atoms with E-state index in [4.69, 9.17) is 0 Å². The summed E-state index contributed by atoms with van der Waals surface area (Å²) in [4.78, 5) is 0. The smallest absolute Gasteiger partial charge is 0.418 e. The van der Waals surface area contributed by atoms with Crippen molar-refractivity contribution < 1.29 is 71.3 Å². The summed E-state index contributed by atoms with van der Waals surface area (Å²) in [5, 5.41) is 6.22. The van der Waals surface area contributed by atoms with E-state index in [9.17, 15) is 51.8 Å². The Morgan fingerprint density at radius 2 is 0.571 bits per heavy atom. The normalized spacial score (nSPS) is 21.7. The van der Waals surface area contributed by atoms with Crippen LogP contribution in [0.2, 0.25) is 0 Å². The average molecular weight is 1120 g/mol. The fourth-order valence-electron chi connectivity index (χ4n) is 9.17. The minimum absolute atomic E-state index is 0. The second kappa shape index (κ2) is 33.8. The molecule has 4 aromatic carbocycles. The quantitative estimate of drug-likeness (QED) is 0.0714. The molecule has 6 atom stereocenters. The van der Waals surface area contributed by atoms with Crippen LogP contribution < -0.4 is 21.2 Å². The fraction of sp³-hybridized carbons (Fsp3) is 0.462. The van der Waals surface area contributed by atoms with Crippen LogP contribution in [0.5, 0.6) is 0 Å². The van der Waals surface area contributed by atoms with Gasteiger partial charge in [0.25, 0.3) is 0 Å². The number of rotatable bonds is 8. The molecule has 0 aromatic heterocycles. The van der Waals surface area contributed by atoms with Gasteiger partial charge in [-0.05, 0) is 135 Å². The molecular weight excluding hydrogens is 1050 g/mol. The summed E-state index contributed by atoms with van der Waals surface area (Å²) >= 11 is 0. The van der Waals surface area contributed by atoms with Gasteiger partial charge in [-0.3, -0.25) is 0 Å². The summed E-state index contributed by atoms with van der Waals surface area (Å²) in [6.45, 7) is 14.6. The second-order valence-electron chi connectivity index (χ2n) is 18.5. The molecule has 18 heteroatoms. The van der Waals surface area contributed by atoms with Crippen LogP contribution in [0.3, 0.4) is 0 Å². The molecule has 4 aromatic rings. The monoisotopic (exact) mass is 1120 g/mol. The van der Waals surface area contributed by atoms with Crippen LogP contribution in [0.15, 0.2) is 146 Å². The van der Waals surface area contributed by atoms with E-state index < -0.39 is 21.8 Å². The van der Waals surface area contributed by atoms with Gasteiger partial charge in [0.15, 0.2) is 0 Å². The van der Waals surface area contributed by atoms with E-state index in [0.29, 0.717) is 0 Å². The predicted octanol–water partition coefficient (Wildman–Crippen LogP) is 17.7. The van der Waals surface area contributed by atoms with Crippen LogP contribution in [0.25, 0.3) is 0 Å². The first kappa shape index (κ1) is 65.2. The van der Waals surface area contributed by atoms with Gasteiger partial charge in [-0.15, -0.1) is 0 Å². The zero-order chi connectivity index (χ0) is 51.6. The Hall–Kier alpha value is -2.80. The summed E-state index contributed by atoms with van der Waals surface area (Å²) in [5.41, 5.74) is 1.64. The minimum atomic E-state index is -6.00. The van der Waals surface area contributed by atoms with Crippen molar-refractivity contribution in [3.05, 3.63) is 146 Å². The van der Waals surface area contributed by atoms with Gasteiger partial charge in [-0.25, -0.2) is 0 Å². The molecule has 0 bridgehead atoms. The molecule has 0 spiro atoms. The van der Waals surface area contributed by atoms with E-state index in [1.807, 2.05) is 0 Å². The van der Waals surface area contributed by atoms with Gasteiger partial charge in [0, 0.05) is 0 Å². The van der Waals surface area contributed by atoms with Crippen molar-refractivity contribution >= 4 is 58.8 Å². The van der Waals surface area contributed by atoms with Crippen LogP contribution >= 0.6 is 15.8 Å². The molecule has 390 valence electrons. The number of allylic oxidation sites excluding steroid dienone is 4. The van der Waals surface area contributed by atoms with Gasteiger partial charge >= 0.3 is 41.2 Å². The summed E-state index contributed by atoms with van der Waals surface area (Å²) in [7, 11) is -18.5. The number of halogens is 12. The molecule has 0 amide bonds. The number of benzene rings is 4. The van der Waals surface area contributed by atoms with Gasteiger partial charge in [-0.2, -0.15) is 0 Å². The maximum atomic E-state index is 9.75. The summed E-state index contributed by atoms with van der Waals surface area (Å²) in [6.07, 6.45) is 22.4. The third kappa shape index (κ3) is 29.6. The molecule has 0 radical (unpaired) electrons. The Kier molecular flexibility index (Phi) is 31.5. The number of hydrogen-bond donors (Lipinski definition) is 0. The molecule has 2 saturated carbocycles. The Labute approximate surface area is 426 Å². The van der Waals surface area contributed by atoms with Gasteiger partial charge in [0.1, 0.15) is 0 Å². The van der Waals surface area contributed by atoms with Gasteiger partial charge in [0.2, 0.25) is 0 Å². The van der Waals surface area contributed by atoms with Crippen LogP contribution in [0.1, 0.15) is 106 Å². The topological polar surface area (TPSA) is 0 Å². The van der Waals surface area contributed by atoms with Crippen molar-refractivity contribution in [2.75, 3.05) is 0 Å². The zero-order valence-electron chi connectivity index (χ0n) is 41.0. The van der Waals surface area contributed by atoms with Gasteiger partial charge in [0.05, 0.1) is 0 Å². The molecule has 0 saturated heterocycles. The minimum Gasteiger partial charge on any atom is -0.418 e. The van der Waals surface area contributed by atoms with Crippen molar-refractivity contribution in [3.8, 4) is 0 Å². The summed E-state index contributed by atoms with van der Waals surface area (Å²) in [6, 6.07) is 45.1. The summed E-state index contributed by atoms with van der Waals surface area (Å²) in [5.74, 6) is 5.02. The van der Waals surface area contributed by atoms with E-state index in [-0.39, 0.29) is 35.3 Å². The van der Waals surface area contributed by atoms with E-state index in [0.717, 1.165) is 46.8 Å². The number of hydrogen-bond acceptors (Lipinski definition) is 0. The molecule has 0 heterocycles. The SMILES string of the molecule is C1=CCC/C=C\CC1.CC1CCC(C(C)C)C(P(c2ccccc2)c2ccccc2)C1.CC1CCC(C(C)C)C(P(c2ccccc2)c2ccccc2)C1.F[B-](F)(F)F.F[B-](F)(F)F.F[B-](F)(F)F.[Rh+3]. The molecule has 3 aliphatic carbocycles. The Morgan fingerprint density at radius 1 is 0.371 bits per heavy atom. The predicted molar refractivity (Wildman–Crippen MR) is 276 cm³/mol. The van der Waals surface area contributed by atoms with Crippen LogP contribution in [-0.4, -0.2) is 33.1 Å². The fourth-order valence-corrected chi connectivity index (χ4v) is 16.2. The molecule has 7 rings (SSSR count). The molecule has 6 unspecified atom stereocenters. The van der Waals surface area contributed by atoms with E-state index in [2.05, 4.69) is 187 Å². The van der Waals surface area contributed by atoms with Gasteiger partial charge < -0.3 is 51.8 Å². The van der Waals surface area contributed by atoms with Crippen LogP contribution in [0, 0.1) is 35.5 Å². The van der Waals surface area contributed by atoms with Crippen LogP contribution in [0.4, 0.5) is 51.8 Å². The standard InChI is InChI=1S/2C22H29P.C8H12.3BF4.Rh/c2*1-17(2)21-15-14-18(3)16-22(21)23(19-10-6-4-7-11-19)20-12-8-5-9-13-20;1-2-4-6-8-7-5-3-1;3*2-1(3,4)5;/h2*4-13,17-18,21-22H,14-16H2,1-3H3;1-2,7-8H,3-6H2;;;;/q;;;3*-1;+3/b;;2-1-,8-7?;;;;. The maximum absolute atomic E-state index is 9.75. The average Bonchev–Trinajstić information content (AvgIpc) is 3.24. The first-order chi connectivity index (χ1) is 32.3. The molecule has 0 nitrogen and oxygen atoms in total. The van der Waals surface area contributed by atoms with E-state index in [1.165, 1.54) is 64.2 Å². The van der Waals surface area contributed by atoms with Crippen molar-refractivity contribution in [2.45, 2.75) is 117 Å². The first-order valence-electron chi connectivity index (χ1n) is 24.0. The Balaban J connectivity index is 0.000000482. The first-order valence-corrected chi connectivity index (χ1v) is 26.9. The Bertz CT molecular complexity index is 1710. The molecule has 0 aliphatic heterocycles. The third-order valence-electron chi connectivity index (χ3n) is 12.1. The maximum Gasteiger partial charge on any atom is 3.00 e. The molecule has 3 aliphatic rings. The third-order valence-corrected chi connectivity index (χ3v) is 18.0. The van der Waals surface area contributed by atoms with Crippen molar-refractivity contribution in [2.24, 2.45) is 35.5 Å². The molecule has 0 N–H and O–H groups in total. The van der Waals surface area contributed by atoms with E-state index >= 15 is 0 Å². The van der Waals surface area contributed by atoms with Crippen molar-refractivity contribution in [1.29, 1.82) is 0 Å².